The maximum absolute atomic E-state index is 12.9. The highest BCUT2D eigenvalue weighted by Gasteiger charge is 2.19. The molecule has 1 aromatic heterocycles. The van der Waals surface area contributed by atoms with Crippen LogP contribution in [0.25, 0.3) is 10.2 Å². The number of nitrogens with zero attached hydrogens (tertiary/aromatic N) is 3. The molecular weight excluding hydrogens is 398 g/mol. The summed E-state index contributed by atoms with van der Waals surface area (Å²) in [5, 5.41) is 0.794. The second-order valence-corrected chi connectivity index (χ2v) is 8.40. The van der Waals surface area contributed by atoms with E-state index in [4.69, 9.17) is 0 Å². The SMILES string of the molecule is CN(C)CCN(C(=O)CCSc1ccccc1)c1nc2ccccc2s1.Cl. The molecule has 0 radical (unpaired) electrons. The highest BCUT2D eigenvalue weighted by Crippen LogP contribution is 2.29. The Morgan fingerprint density at radius 1 is 1.04 bits per heavy atom. The summed E-state index contributed by atoms with van der Waals surface area (Å²) in [6, 6.07) is 18.2. The number of thioether (sulfide) groups is 1. The van der Waals surface area contributed by atoms with Gasteiger partial charge in [0.2, 0.25) is 5.91 Å². The van der Waals surface area contributed by atoms with Crippen LogP contribution in [0, 0.1) is 0 Å². The molecule has 0 aliphatic heterocycles. The average molecular weight is 422 g/mol. The first-order chi connectivity index (χ1) is 12.6. The fraction of sp³-hybridized carbons (Fsp3) is 0.300. The maximum atomic E-state index is 12.9. The van der Waals surface area contributed by atoms with E-state index in [0.29, 0.717) is 13.0 Å². The maximum Gasteiger partial charge on any atom is 0.229 e. The van der Waals surface area contributed by atoms with Crippen molar-refractivity contribution in [3.8, 4) is 0 Å². The van der Waals surface area contributed by atoms with Gasteiger partial charge in [-0.1, -0.05) is 41.7 Å². The van der Waals surface area contributed by atoms with Crippen molar-refractivity contribution in [3.63, 3.8) is 0 Å². The predicted octanol–water partition coefficient (Wildman–Crippen LogP) is 4.80. The number of hydrogen-bond acceptors (Lipinski definition) is 5. The van der Waals surface area contributed by atoms with Gasteiger partial charge < -0.3 is 4.90 Å². The van der Waals surface area contributed by atoms with Crippen LogP contribution in [0.5, 0.6) is 0 Å². The van der Waals surface area contributed by atoms with Crippen LogP contribution in [-0.2, 0) is 4.79 Å². The van der Waals surface area contributed by atoms with Gasteiger partial charge >= 0.3 is 0 Å². The molecule has 3 aromatic rings. The number of hydrogen-bond donors (Lipinski definition) is 0. The molecule has 0 aliphatic rings. The highest BCUT2D eigenvalue weighted by molar-refractivity contribution is 7.99. The van der Waals surface area contributed by atoms with Crippen molar-refractivity contribution in [2.24, 2.45) is 0 Å². The summed E-state index contributed by atoms with van der Waals surface area (Å²) in [6.45, 7) is 1.47. The van der Waals surface area contributed by atoms with Crippen molar-refractivity contribution in [2.45, 2.75) is 11.3 Å². The summed E-state index contributed by atoms with van der Waals surface area (Å²) in [7, 11) is 4.04. The van der Waals surface area contributed by atoms with Crippen molar-refractivity contribution in [1.82, 2.24) is 9.88 Å². The Bertz CT molecular complexity index is 822. The Balaban J connectivity index is 0.00000261. The fourth-order valence-corrected chi connectivity index (χ4v) is 4.38. The first-order valence-electron chi connectivity index (χ1n) is 8.62. The molecule has 0 saturated heterocycles. The summed E-state index contributed by atoms with van der Waals surface area (Å²) in [5.74, 6) is 0.904. The van der Waals surface area contributed by atoms with Gasteiger partial charge in [-0.15, -0.1) is 24.2 Å². The van der Waals surface area contributed by atoms with Crippen LogP contribution in [0.2, 0.25) is 0 Å². The van der Waals surface area contributed by atoms with Gasteiger partial charge in [0, 0.05) is 30.2 Å². The van der Waals surface area contributed by atoms with Gasteiger partial charge in [0.05, 0.1) is 10.2 Å². The molecule has 4 nitrogen and oxygen atoms in total. The number of rotatable bonds is 8. The van der Waals surface area contributed by atoms with Crippen LogP contribution in [0.4, 0.5) is 5.13 Å². The van der Waals surface area contributed by atoms with Gasteiger partial charge in [0.1, 0.15) is 0 Å². The normalized spacial score (nSPS) is 10.8. The molecule has 0 spiro atoms. The van der Waals surface area contributed by atoms with Gasteiger partial charge in [-0.05, 0) is 38.4 Å². The van der Waals surface area contributed by atoms with Crippen molar-refractivity contribution in [2.75, 3.05) is 37.8 Å². The summed E-state index contributed by atoms with van der Waals surface area (Å²) in [4.78, 5) is 22.7. The van der Waals surface area contributed by atoms with Crippen molar-refractivity contribution >= 4 is 56.8 Å². The monoisotopic (exact) mass is 421 g/mol. The minimum atomic E-state index is 0. The minimum Gasteiger partial charge on any atom is -0.308 e. The molecule has 0 bridgehead atoms. The van der Waals surface area contributed by atoms with Gasteiger partial charge in [-0.3, -0.25) is 9.69 Å². The molecular formula is C20H24ClN3OS2. The number of benzene rings is 2. The molecule has 0 aliphatic carbocycles. The quantitative estimate of drug-likeness (QED) is 0.490. The van der Waals surface area contributed by atoms with E-state index in [9.17, 15) is 4.79 Å². The largest absolute Gasteiger partial charge is 0.308 e. The molecule has 144 valence electrons. The molecule has 0 atom stereocenters. The molecule has 0 unspecified atom stereocenters. The number of carbonyl (C=O) groups excluding carboxylic acids is 1. The zero-order valence-corrected chi connectivity index (χ0v) is 17.9. The summed E-state index contributed by atoms with van der Waals surface area (Å²) >= 11 is 3.30. The van der Waals surface area contributed by atoms with Crippen molar-refractivity contribution < 1.29 is 4.79 Å². The van der Waals surface area contributed by atoms with E-state index in [2.05, 4.69) is 28.1 Å². The predicted molar refractivity (Wildman–Crippen MR) is 120 cm³/mol. The number of halogens is 1. The molecule has 1 heterocycles. The molecule has 1 amide bonds. The number of fused-ring (bicyclic) bond motifs is 1. The molecule has 0 fully saturated rings. The van der Waals surface area contributed by atoms with Crippen LogP contribution < -0.4 is 4.90 Å². The number of anilines is 1. The lowest BCUT2D eigenvalue weighted by atomic mass is 10.3. The van der Waals surface area contributed by atoms with E-state index >= 15 is 0 Å². The molecule has 27 heavy (non-hydrogen) atoms. The lowest BCUT2D eigenvalue weighted by Crippen LogP contribution is -2.36. The molecule has 2 aromatic carbocycles. The van der Waals surface area contributed by atoms with Crippen LogP contribution in [0.3, 0.4) is 0 Å². The Kier molecular flexibility index (Phi) is 8.57. The minimum absolute atomic E-state index is 0. The van der Waals surface area contributed by atoms with Gasteiger partial charge in [0.25, 0.3) is 0 Å². The Morgan fingerprint density at radius 3 is 2.44 bits per heavy atom. The van der Waals surface area contributed by atoms with E-state index in [1.54, 1.807) is 23.1 Å². The number of amides is 1. The summed E-state index contributed by atoms with van der Waals surface area (Å²) in [6.07, 6.45) is 0.503. The van der Waals surface area contributed by atoms with Gasteiger partial charge in [-0.2, -0.15) is 0 Å². The van der Waals surface area contributed by atoms with E-state index in [-0.39, 0.29) is 18.3 Å². The van der Waals surface area contributed by atoms with Gasteiger partial charge in [-0.25, -0.2) is 4.98 Å². The van der Waals surface area contributed by atoms with Crippen LogP contribution >= 0.6 is 35.5 Å². The topological polar surface area (TPSA) is 36.4 Å². The number of aromatic nitrogens is 1. The Labute approximate surface area is 175 Å². The molecule has 0 N–H and O–H groups in total. The highest BCUT2D eigenvalue weighted by atomic mass is 35.5. The van der Waals surface area contributed by atoms with Crippen molar-refractivity contribution in [1.29, 1.82) is 0 Å². The third kappa shape index (κ3) is 6.21. The van der Waals surface area contributed by atoms with Gasteiger partial charge in [0.15, 0.2) is 5.13 Å². The number of carbonyl (C=O) groups is 1. The van der Waals surface area contributed by atoms with Crippen LogP contribution in [-0.4, -0.2) is 48.7 Å². The van der Waals surface area contributed by atoms with Crippen LogP contribution in [0.1, 0.15) is 6.42 Å². The third-order valence-corrected chi connectivity index (χ3v) is 5.99. The van der Waals surface area contributed by atoms with Crippen LogP contribution in [0.15, 0.2) is 59.5 Å². The number of para-hydroxylation sites is 1. The fourth-order valence-electron chi connectivity index (χ4n) is 2.51. The lowest BCUT2D eigenvalue weighted by molar-refractivity contribution is -0.118. The lowest BCUT2D eigenvalue weighted by Gasteiger charge is -2.22. The van der Waals surface area contributed by atoms with E-state index in [0.717, 1.165) is 27.6 Å². The van der Waals surface area contributed by atoms with Crippen molar-refractivity contribution in [3.05, 3.63) is 54.6 Å². The van der Waals surface area contributed by atoms with E-state index in [1.165, 1.54) is 4.90 Å². The summed E-state index contributed by atoms with van der Waals surface area (Å²) < 4.78 is 1.11. The second kappa shape index (κ2) is 10.7. The average Bonchev–Trinajstić information content (AvgIpc) is 3.06. The Morgan fingerprint density at radius 2 is 1.74 bits per heavy atom. The third-order valence-electron chi connectivity index (χ3n) is 3.91. The first kappa shape index (κ1) is 21.7. The molecule has 0 saturated carbocycles. The number of thiazole rings is 1. The molecule has 7 heteroatoms. The van der Waals surface area contributed by atoms with E-state index in [1.807, 2.05) is 55.4 Å². The Hall–Kier alpha value is -1.60. The van der Waals surface area contributed by atoms with E-state index < -0.39 is 0 Å². The standard InChI is InChI=1S/C20H23N3OS2.ClH/c1-22(2)13-14-23(20-21-17-10-6-7-11-18(17)26-20)19(24)12-15-25-16-8-4-3-5-9-16;/h3-11H,12-15H2,1-2H3;1H. The zero-order valence-electron chi connectivity index (χ0n) is 15.5. The second-order valence-electron chi connectivity index (χ2n) is 6.22. The smallest absolute Gasteiger partial charge is 0.229 e. The number of likely N-dealkylation sites (N-methyl/N-ethyl adjacent to an activating group) is 1. The first-order valence-corrected chi connectivity index (χ1v) is 10.4. The molecule has 3 rings (SSSR count). The summed E-state index contributed by atoms with van der Waals surface area (Å²) in [5.41, 5.74) is 0.953. The zero-order chi connectivity index (χ0) is 18.4.